The first-order chi connectivity index (χ1) is 6.16. The Bertz CT molecular complexity index is 297. The third-order valence-electron chi connectivity index (χ3n) is 1.81. The molecule has 1 unspecified atom stereocenters. The lowest BCUT2D eigenvalue weighted by atomic mass is 10.0. The Balaban J connectivity index is 3.11. The molecule has 0 saturated carbocycles. The van der Waals surface area contributed by atoms with E-state index in [4.69, 9.17) is 0 Å². The Morgan fingerprint density at radius 2 is 1.85 bits per heavy atom. The van der Waals surface area contributed by atoms with E-state index in [-0.39, 0.29) is 5.92 Å². The topological polar surface area (TPSA) is 46.0 Å². The van der Waals surface area contributed by atoms with E-state index >= 15 is 0 Å². The van der Waals surface area contributed by atoms with Crippen LogP contribution >= 0.6 is 0 Å². The van der Waals surface area contributed by atoms with Crippen molar-refractivity contribution in [2.75, 3.05) is 0 Å². The fourth-order valence-corrected chi connectivity index (χ4v) is 1.14. The molecule has 70 valence electrons. The zero-order chi connectivity index (χ0) is 9.84. The zero-order valence-electron chi connectivity index (χ0n) is 7.94. The summed E-state index contributed by atoms with van der Waals surface area (Å²) in [4.78, 5) is 8.26. The molecule has 0 bridgehead atoms. The first kappa shape index (κ1) is 9.86. The Morgan fingerprint density at radius 1 is 1.31 bits per heavy atom. The minimum absolute atomic E-state index is 0.262. The van der Waals surface area contributed by atoms with E-state index in [2.05, 4.69) is 16.5 Å². The van der Waals surface area contributed by atoms with Crippen LogP contribution in [0.5, 0.6) is 0 Å². The highest BCUT2D eigenvalue weighted by molar-refractivity contribution is 5.19. The number of hydrogen-bond donors (Lipinski definition) is 1. The van der Waals surface area contributed by atoms with Gasteiger partial charge in [-0.3, -0.25) is 9.97 Å². The van der Waals surface area contributed by atoms with Gasteiger partial charge in [0.1, 0.15) is 6.10 Å². The van der Waals surface area contributed by atoms with Crippen LogP contribution in [0.25, 0.3) is 0 Å². The van der Waals surface area contributed by atoms with Gasteiger partial charge in [-0.2, -0.15) is 0 Å². The third kappa shape index (κ3) is 2.12. The summed E-state index contributed by atoms with van der Waals surface area (Å²) in [6, 6.07) is 0. The number of nitrogens with zero attached hydrogens (tertiary/aromatic N) is 2. The normalized spacial score (nSPS) is 12.9. The molecule has 1 aromatic heterocycles. The zero-order valence-corrected chi connectivity index (χ0v) is 7.94. The highest BCUT2D eigenvalue weighted by Gasteiger charge is 2.13. The maximum absolute atomic E-state index is 9.54. The largest absolute Gasteiger partial charge is 0.383 e. The molecular weight excluding hydrogens is 164 g/mol. The van der Waals surface area contributed by atoms with Crippen LogP contribution in [0.15, 0.2) is 25.0 Å². The van der Waals surface area contributed by atoms with E-state index in [1.165, 1.54) is 6.08 Å². The van der Waals surface area contributed by atoms with E-state index in [1.807, 2.05) is 13.8 Å². The smallest absolute Gasteiger partial charge is 0.116 e. The van der Waals surface area contributed by atoms with Crippen molar-refractivity contribution < 1.29 is 5.11 Å². The molecule has 3 heteroatoms. The molecule has 1 heterocycles. The summed E-state index contributed by atoms with van der Waals surface area (Å²) in [5.74, 6) is 0.262. The number of aliphatic hydroxyl groups is 1. The van der Waals surface area contributed by atoms with Gasteiger partial charge in [0.25, 0.3) is 0 Å². The molecule has 3 nitrogen and oxygen atoms in total. The van der Waals surface area contributed by atoms with Crippen LogP contribution in [0.3, 0.4) is 0 Å². The monoisotopic (exact) mass is 178 g/mol. The lowest BCUT2D eigenvalue weighted by molar-refractivity contribution is 0.221. The standard InChI is InChI=1S/C10H14N2O/c1-4-8(13)10-9(7(2)3)11-5-6-12-10/h4-8,13H,1H2,2-3H3. The second kappa shape index (κ2) is 4.14. The van der Waals surface area contributed by atoms with Crippen LogP contribution in [0, 0.1) is 0 Å². The van der Waals surface area contributed by atoms with Gasteiger partial charge in [-0.05, 0) is 5.92 Å². The van der Waals surface area contributed by atoms with E-state index in [0.717, 1.165) is 5.69 Å². The van der Waals surface area contributed by atoms with Gasteiger partial charge < -0.3 is 5.11 Å². The maximum atomic E-state index is 9.54. The number of hydrogen-bond acceptors (Lipinski definition) is 3. The molecule has 1 N–H and O–H groups in total. The fourth-order valence-electron chi connectivity index (χ4n) is 1.14. The van der Waals surface area contributed by atoms with Crippen molar-refractivity contribution in [1.82, 2.24) is 9.97 Å². The molecule has 1 aromatic rings. The highest BCUT2D eigenvalue weighted by Crippen LogP contribution is 2.20. The maximum Gasteiger partial charge on any atom is 0.116 e. The molecule has 0 aliphatic carbocycles. The number of aromatic nitrogens is 2. The lowest BCUT2D eigenvalue weighted by Gasteiger charge is -2.11. The van der Waals surface area contributed by atoms with Crippen molar-refractivity contribution in [3.63, 3.8) is 0 Å². The SMILES string of the molecule is C=CC(O)c1nccnc1C(C)C. The molecule has 0 radical (unpaired) electrons. The Labute approximate surface area is 78.2 Å². The van der Waals surface area contributed by atoms with E-state index in [0.29, 0.717) is 5.69 Å². The molecule has 0 amide bonds. The van der Waals surface area contributed by atoms with Gasteiger partial charge in [0.2, 0.25) is 0 Å². The second-order valence-electron chi connectivity index (χ2n) is 3.16. The Hall–Kier alpha value is -1.22. The summed E-state index contributed by atoms with van der Waals surface area (Å²) in [7, 11) is 0. The molecule has 0 aliphatic rings. The summed E-state index contributed by atoms with van der Waals surface area (Å²) in [5, 5.41) is 9.54. The predicted octanol–water partition coefficient (Wildman–Crippen LogP) is 1.82. The molecule has 0 spiro atoms. The molecule has 0 saturated heterocycles. The second-order valence-corrected chi connectivity index (χ2v) is 3.16. The summed E-state index contributed by atoms with van der Waals surface area (Å²) >= 11 is 0. The summed E-state index contributed by atoms with van der Waals surface area (Å²) < 4.78 is 0. The van der Waals surface area contributed by atoms with Gasteiger partial charge in [-0.1, -0.05) is 19.9 Å². The number of aliphatic hydroxyl groups excluding tert-OH is 1. The van der Waals surface area contributed by atoms with Crippen molar-refractivity contribution in [2.45, 2.75) is 25.9 Å². The van der Waals surface area contributed by atoms with Crippen LogP contribution in [0.2, 0.25) is 0 Å². The average Bonchev–Trinajstić information content (AvgIpc) is 2.16. The quantitative estimate of drug-likeness (QED) is 0.718. The van der Waals surface area contributed by atoms with Gasteiger partial charge in [-0.25, -0.2) is 0 Å². The van der Waals surface area contributed by atoms with Crippen LogP contribution in [0.1, 0.15) is 37.3 Å². The van der Waals surface area contributed by atoms with E-state index in [1.54, 1.807) is 12.4 Å². The average molecular weight is 178 g/mol. The summed E-state index contributed by atoms with van der Waals surface area (Å²) in [5.41, 5.74) is 1.43. The minimum atomic E-state index is -0.717. The van der Waals surface area contributed by atoms with Crippen molar-refractivity contribution in [3.8, 4) is 0 Å². The Morgan fingerprint density at radius 3 is 2.31 bits per heavy atom. The van der Waals surface area contributed by atoms with Gasteiger partial charge in [0.05, 0.1) is 11.4 Å². The minimum Gasteiger partial charge on any atom is -0.383 e. The van der Waals surface area contributed by atoms with Gasteiger partial charge in [0.15, 0.2) is 0 Å². The van der Waals surface area contributed by atoms with Crippen molar-refractivity contribution >= 4 is 0 Å². The summed E-state index contributed by atoms with van der Waals surface area (Å²) in [6.07, 6.45) is 3.95. The van der Waals surface area contributed by atoms with Crippen LogP contribution in [0.4, 0.5) is 0 Å². The van der Waals surface area contributed by atoms with Gasteiger partial charge >= 0.3 is 0 Å². The van der Waals surface area contributed by atoms with Crippen LogP contribution in [-0.4, -0.2) is 15.1 Å². The molecule has 0 fully saturated rings. The Kier molecular flexibility index (Phi) is 3.14. The van der Waals surface area contributed by atoms with Crippen molar-refractivity contribution in [3.05, 3.63) is 36.4 Å². The van der Waals surface area contributed by atoms with Crippen LogP contribution < -0.4 is 0 Å². The molecule has 0 aliphatic heterocycles. The number of rotatable bonds is 3. The van der Waals surface area contributed by atoms with Crippen molar-refractivity contribution in [2.24, 2.45) is 0 Å². The molecule has 0 aromatic carbocycles. The van der Waals surface area contributed by atoms with Gasteiger partial charge in [0, 0.05) is 12.4 Å². The predicted molar refractivity (Wildman–Crippen MR) is 51.3 cm³/mol. The molecular formula is C10H14N2O. The first-order valence-electron chi connectivity index (χ1n) is 4.28. The first-order valence-corrected chi connectivity index (χ1v) is 4.28. The molecule has 13 heavy (non-hydrogen) atoms. The summed E-state index contributed by atoms with van der Waals surface area (Å²) in [6.45, 7) is 7.55. The fraction of sp³-hybridized carbons (Fsp3) is 0.400. The molecule has 1 rings (SSSR count). The van der Waals surface area contributed by atoms with Gasteiger partial charge in [-0.15, -0.1) is 6.58 Å². The highest BCUT2D eigenvalue weighted by atomic mass is 16.3. The van der Waals surface area contributed by atoms with Crippen molar-refractivity contribution in [1.29, 1.82) is 0 Å². The third-order valence-corrected chi connectivity index (χ3v) is 1.81. The lowest BCUT2D eigenvalue weighted by Crippen LogP contribution is -2.06. The van der Waals surface area contributed by atoms with Crippen LogP contribution in [-0.2, 0) is 0 Å². The molecule has 1 atom stereocenters. The van der Waals surface area contributed by atoms with E-state index < -0.39 is 6.10 Å². The van der Waals surface area contributed by atoms with E-state index in [9.17, 15) is 5.11 Å².